The van der Waals surface area contributed by atoms with Gasteiger partial charge in [-0.25, -0.2) is 0 Å². The van der Waals surface area contributed by atoms with Crippen molar-refractivity contribution in [3.63, 3.8) is 0 Å². The number of ether oxygens (including phenoxy) is 1. The van der Waals surface area contributed by atoms with Gasteiger partial charge in [0, 0.05) is 23.8 Å². The molecule has 1 aliphatic rings. The average Bonchev–Trinajstić information content (AvgIpc) is 2.92. The Labute approximate surface area is 208 Å². The minimum Gasteiger partial charge on any atom is -0.497 e. The van der Waals surface area contributed by atoms with Gasteiger partial charge in [-0.3, -0.25) is 4.98 Å². The summed E-state index contributed by atoms with van der Waals surface area (Å²) >= 11 is 0. The Morgan fingerprint density at radius 2 is 1.86 bits per heavy atom. The minimum absolute atomic E-state index is 0.134. The molecular weight excluding hydrogens is 440 g/mol. The van der Waals surface area contributed by atoms with E-state index in [2.05, 4.69) is 40.2 Å². The number of hydrogen-bond donors (Lipinski definition) is 3. The summed E-state index contributed by atoms with van der Waals surface area (Å²) in [6, 6.07) is 16.2. The van der Waals surface area contributed by atoms with E-state index in [0.717, 1.165) is 62.6 Å². The molecule has 1 atom stereocenters. The van der Waals surface area contributed by atoms with Crippen LogP contribution in [0.4, 0.5) is 0 Å². The highest BCUT2D eigenvalue weighted by molar-refractivity contribution is 5.85. The van der Waals surface area contributed by atoms with Crippen LogP contribution >= 0.6 is 0 Å². The quantitative estimate of drug-likeness (QED) is 0.382. The van der Waals surface area contributed by atoms with Gasteiger partial charge in [0.05, 0.1) is 25.3 Å². The lowest BCUT2D eigenvalue weighted by atomic mass is 9.74. The third-order valence-corrected chi connectivity index (χ3v) is 7.69. The van der Waals surface area contributed by atoms with E-state index in [1.807, 2.05) is 18.2 Å². The van der Waals surface area contributed by atoms with Crippen LogP contribution in [-0.2, 0) is 13.0 Å². The standard InChI is InChI=1S/C29H38N2O4/c1-35-24-9-10-26-25(18-24)28(23(20-32)19-30-26)27(34)11-12-29(21-33)13-16-31(17-14-29)15-5-8-22-6-3-2-4-7-22/h2-4,6-7,9-10,18-19,27,32-34H,5,8,11-17,20-21H2,1H3/t27-/m0/s1. The number of aliphatic hydroxyl groups is 3. The molecular formula is C29H38N2O4. The van der Waals surface area contributed by atoms with E-state index in [4.69, 9.17) is 4.74 Å². The number of rotatable bonds is 11. The SMILES string of the molecule is COc1ccc2ncc(CO)c([C@@H](O)CCC3(CO)CCN(CCCc4ccccc4)CC3)c2c1. The maximum atomic E-state index is 11.2. The fourth-order valence-electron chi connectivity index (χ4n) is 5.36. The largest absolute Gasteiger partial charge is 0.497 e. The molecule has 1 aliphatic heterocycles. The summed E-state index contributed by atoms with van der Waals surface area (Å²) in [4.78, 5) is 6.93. The third kappa shape index (κ3) is 6.19. The van der Waals surface area contributed by atoms with Crippen LogP contribution in [0.1, 0.15) is 54.9 Å². The van der Waals surface area contributed by atoms with Crippen molar-refractivity contribution in [3.8, 4) is 5.75 Å². The van der Waals surface area contributed by atoms with E-state index < -0.39 is 6.10 Å². The molecule has 6 heteroatoms. The zero-order valence-corrected chi connectivity index (χ0v) is 20.7. The van der Waals surface area contributed by atoms with Gasteiger partial charge in [0.25, 0.3) is 0 Å². The van der Waals surface area contributed by atoms with Crippen LogP contribution in [0, 0.1) is 5.41 Å². The van der Waals surface area contributed by atoms with E-state index in [1.165, 1.54) is 5.56 Å². The van der Waals surface area contributed by atoms with Crippen LogP contribution in [0.15, 0.2) is 54.7 Å². The summed E-state index contributed by atoms with van der Waals surface area (Å²) in [5.74, 6) is 0.689. The number of fused-ring (bicyclic) bond motifs is 1. The zero-order valence-electron chi connectivity index (χ0n) is 20.7. The zero-order chi connectivity index (χ0) is 24.7. The van der Waals surface area contributed by atoms with Gasteiger partial charge in [-0.2, -0.15) is 0 Å². The van der Waals surface area contributed by atoms with E-state index in [0.29, 0.717) is 23.3 Å². The number of benzene rings is 2. The molecule has 0 aliphatic carbocycles. The molecule has 0 spiro atoms. The summed E-state index contributed by atoms with van der Waals surface area (Å²) in [5.41, 5.74) is 3.31. The molecule has 4 rings (SSSR count). The Kier molecular flexibility index (Phi) is 8.74. The molecule has 0 amide bonds. The van der Waals surface area contributed by atoms with E-state index in [1.54, 1.807) is 13.3 Å². The fourth-order valence-corrected chi connectivity index (χ4v) is 5.36. The number of aryl methyl sites for hydroxylation is 1. The highest BCUT2D eigenvalue weighted by Gasteiger charge is 2.34. The Balaban J connectivity index is 1.36. The van der Waals surface area contributed by atoms with Gasteiger partial charge in [0.1, 0.15) is 5.75 Å². The first kappa shape index (κ1) is 25.6. The number of methoxy groups -OCH3 is 1. The molecule has 6 nitrogen and oxygen atoms in total. The molecule has 35 heavy (non-hydrogen) atoms. The number of hydrogen-bond acceptors (Lipinski definition) is 6. The van der Waals surface area contributed by atoms with Crippen molar-refractivity contribution >= 4 is 10.9 Å². The molecule has 1 saturated heterocycles. The molecule has 0 saturated carbocycles. The number of aromatic nitrogens is 1. The first-order valence-electron chi connectivity index (χ1n) is 12.7. The van der Waals surface area contributed by atoms with Crippen molar-refractivity contribution in [2.24, 2.45) is 5.41 Å². The number of nitrogens with zero attached hydrogens (tertiary/aromatic N) is 2. The van der Waals surface area contributed by atoms with Crippen LogP contribution in [0.2, 0.25) is 0 Å². The predicted molar refractivity (Wildman–Crippen MR) is 138 cm³/mol. The first-order chi connectivity index (χ1) is 17.1. The molecule has 188 valence electrons. The minimum atomic E-state index is -0.748. The van der Waals surface area contributed by atoms with Crippen molar-refractivity contribution in [1.82, 2.24) is 9.88 Å². The monoisotopic (exact) mass is 478 g/mol. The van der Waals surface area contributed by atoms with Crippen LogP contribution in [0.25, 0.3) is 10.9 Å². The average molecular weight is 479 g/mol. The van der Waals surface area contributed by atoms with E-state index in [-0.39, 0.29) is 18.6 Å². The number of aliphatic hydroxyl groups excluding tert-OH is 3. The highest BCUT2D eigenvalue weighted by atomic mass is 16.5. The predicted octanol–water partition coefficient (Wildman–Crippen LogP) is 4.26. The summed E-state index contributed by atoms with van der Waals surface area (Å²) in [7, 11) is 1.61. The van der Waals surface area contributed by atoms with E-state index in [9.17, 15) is 15.3 Å². The van der Waals surface area contributed by atoms with Crippen LogP contribution < -0.4 is 4.74 Å². The normalized spacial score (nSPS) is 16.9. The molecule has 2 aromatic carbocycles. The molecule has 3 aromatic rings. The fraction of sp³-hybridized carbons (Fsp3) is 0.483. The van der Waals surface area contributed by atoms with Crippen molar-refractivity contribution in [2.45, 2.75) is 51.2 Å². The lowest BCUT2D eigenvalue weighted by Gasteiger charge is -2.41. The maximum Gasteiger partial charge on any atom is 0.119 e. The first-order valence-corrected chi connectivity index (χ1v) is 12.7. The summed E-state index contributed by atoms with van der Waals surface area (Å²) < 4.78 is 5.37. The van der Waals surface area contributed by atoms with Crippen LogP contribution in [-0.4, -0.2) is 58.6 Å². The molecule has 0 radical (unpaired) electrons. The summed E-state index contributed by atoms with van der Waals surface area (Å²) in [6.07, 6.45) is 6.24. The second-order valence-corrected chi connectivity index (χ2v) is 9.88. The molecule has 2 heterocycles. The van der Waals surface area contributed by atoms with Gasteiger partial charge < -0.3 is 25.0 Å². The third-order valence-electron chi connectivity index (χ3n) is 7.69. The van der Waals surface area contributed by atoms with Gasteiger partial charge in [0.15, 0.2) is 0 Å². The Morgan fingerprint density at radius 1 is 1.09 bits per heavy atom. The van der Waals surface area contributed by atoms with Gasteiger partial charge in [-0.15, -0.1) is 0 Å². The molecule has 1 aromatic heterocycles. The summed E-state index contributed by atoms with van der Waals surface area (Å²) in [5, 5.41) is 32.3. The van der Waals surface area contributed by atoms with Crippen molar-refractivity contribution in [2.75, 3.05) is 33.4 Å². The second-order valence-electron chi connectivity index (χ2n) is 9.88. The molecule has 0 unspecified atom stereocenters. The smallest absolute Gasteiger partial charge is 0.119 e. The highest BCUT2D eigenvalue weighted by Crippen LogP contribution is 2.39. The summed E-state index contributed by atoms with van der Waals surface area (Å²) in [6.45, 7) is 2.97. The topological polar surface area (TPSA) is 86.0 Å². The van der Waals surface area contributed by atoms with Crippen LogP contribution in [0.3, 0.4) is 0 Å². The molecule has 3 N–H and O–H groups in total. The van der Waals surface area contributed by atoms with Crippen LogP contribution in [0.5, 0.6) is 5.75 Å². The number of piperidine rings is 1. The second kappa shape index (κ2) is 12.0. The van der Waals surface area contributed by atoms with Gasteiger partial charge in [-0.1, -0.05) is 30.3 Å². The van der Waals surface area contributed by atoms with Gasteiger partial charge >= 0.3 is 0 Å². The lowest BCUT2D eigenvalue weighted by molar-refractivity contribution is 0.0232. The van der Waals surface area contributed by atoms with Crippen molar-refractivity contribution in [3.05, 3.63) is 71.4 Å². The number of pyridine rings is 1. The molecule has 1 fully saturated rings. The number of likely N-dealkylation sites (tertiary alicyclic amines) is 1. The van der Waals surface area contributed by atoms with Crippen molar-refractivity contribution in [1.29, 1.82) is 0 Å². The van der Waals surface area contributed by atoms with Gasteiger partial charge in [-0.05, 0) is 92.9 Å². The molecule has 0 bridgehead atoms. The Bertz CT molecular complexity index is 1080. The maximum absolute atomic E-state index is 11.2. The van der Waals surface area contributed by atoms with E-state index >= 15 is 0 Å². The Hall–Kier alpha value is -2.51. The van der Waals surface area contributed by atoms with Gasteiger partial charge in [0.2, 0.25) is 0 Å². The lowest BCUT2D eigenvalue weighted by Crippen LogP contribution is -2.42. The van der Waals surface area contributed by atoms with Crippen molar-refractivity contribution < 1.29 is 20.1 Å². The Morgan fingerprint density at radius 3 is 2.54 bits per heavy atom.